The van der Waals surface area contributed by atoms with Crippen molar-refractivity contribution in [3.63, 3.8) is 0 Å². The molecule has 17 heavy (non-hydrogen) atoms. The van der Waals surface area contributed by atoms with Crippen LogP contribution in [0.25, 0.3) is 0 Å². The molecule has 0 atom stereocenters. The number of rotatable bonds is 5. The number of aromatic amines is 1. The molecule has 2 aromatic heterocycles. The van der Waals surface area contributed by atoms with E-state index in [1.165, 1.54) is 0 Å². The monoisotopic (exact) mass is 358 g/mol. The molecule has 0 spiro atoms. The molecule has 6 heteroatoms. The number of aromatic nitrogens is 3. The Kier molecular flexibility index (Phi) is 4.70. The number of H-pyrrole nitrogens is 1. The molecule has 0 bridgehead atoms. The van der Waals surface area contributed by atoms with Gasteiger partial charge in [-0.3, -0.25) is 4.98 Å². The van der Waals surface area contributed by atoms with E-state index in [9.17, 15) is 0 Å². The number of imidazole rings is 1. The van der Waals surface area contributed by atoms with Crippen LogP contribution in [0, 0.1) is 0 Å². The van der Waals surface area contributed by atoms with E-state index in [4.69, 9.17) is 0 Å². The van der Waals surface area contributed by atoms with Crippen molar-refractivity contribution >= 4 is 31.9 Å². The van der Waals surface area contributed by atoms with Crippen LogP contribution in [0.3, 0.4) is 0 Å². The summed E-state index contributed by atoms with van der Waals surface area (Å²) in [5, 5.41) is 3.33. The minimum atomic E-state index is 0.745. The van der Waals surface area contributed by atoms with Crippen molar-refractivity contribution in [1.29, 1.82) is 0 Å². The van der Waals surface area contributed by atoms with Crippen LogP contribution in [0.2, 0.25) is 0 Å². The van der Waals surface area contributed by atoms with Crippen LogP contribution >= 0.6 is 31.9 Å². The Hall–Kier alpha value is -0.720. The molecule has 0 unspecified atom stereocenters. The Labute approximate surface area is 117 Å². The number of halogens is 2. The molecule has 0 aliphatic rings. The van der Waals surface area contributed by atoms with E-state index in [-0.39, 0.29) is 0 Å². The molecule has 4 nitrogen and oxygen atoms in total. The van der Waals surface area contributed by atoms with Gasteiger partial charge >= 0.3 is 0 Å². The molecule has 0 aliphatic carbocycles. The summed E-state index contributed by atoms with van der Waals surface area (Å²) in [5.74, 6) is 1.00. The van der Waals surface area contributed by atoms with Crippen LogP contribution in [0.15, 0.2) is 33.6 Å². The molecule has 0 saturated carbocycles. The van der Waals surface area contributed by atoms with E-state index in [1.807, 2.05) is 12.3 Å². The first kappa shape index (κ1) is 12.7. The SMILES string of the molecule is Brc1cnc(CNCCc2ncc[nH]2)c(Br)c1. The molecular formula is C11H12Br2N4. The average molecular weight is 360 g/mol. The van der Waals surface area contributed by atoms with Gasteiger partial charge in [0.2, 0.25) is 0 Å². The minimum Gasteiger partial charge on any atom is -0.349 e. The highest BCUT2D eigenvalue weighted by Gasteiger charge is 2.02. The predicted molar refractivity (Wildman–Crippen MR) is 73.6 cm³/mol. The third-order valence-corrected chi connectivity index (χ3v) is 3.39. The maximum Gasteiger partial charge on any atom is 0.107 e. The van der Waals surface area contributed by atoms with E-state index in [1.54, 1.807) is 12.4 Å². The summed E-state index contributed by atoms with van der Waals surface area (Å²) in [6.07, 6.45) is 6.29. The average Bonchev–Trinajstić information content (AvgIpc) is 2.79. The van der Waals surface area contributed by atoms with Crippen molar-refractivity contribution in [1.82, 2.24) is 20.3 Å². The van der Waals surface area contributed by atoms with Gasteiger partial charge < -0.3 is 10.3 Å². The van der Waals surface area contributed by atoms with Gasteiger partial charge in [0.05, 0.1) is 5.69 Å². The Morgan fingerprint density at radius 2 is 2.18 bits per heavy atom. The molecule has 0 fully saturated rings. The summed E-state index contributed by atoms with van der Waals surface area (Å²) >= 11 is 6.87. The molecule has 0 aliphatic heterocycles. The molecule has 90 valence electrons. The van der Waals surface area contributed by atoms with Crippen LogP contribution in [0.5, 0.6) is 0 Å². The van der Waals surface area contributed by atoms with Crippen LogP contribution in [0.1, 0.15) is 11.5 Å². The number of nitrogens with one attached hydrogen (secondary N) is 2. The fourth-order valence-corrected chi connectivity index (χ4v) is 2.55. The van der Waals surface area contributed by atoms with Gasteiger partial charge in [0.25, 0.3) is 0 Å². The lowest BCUT2D eigenvalue weighted by atomic mass is 10.3. The predicted octanol–water partition coefficient (Wildman–Crippen LogP) is 2.66. The van der Waals surface area contributed by atoms with Gasteiger partial charge in [-0.2, -0.15) is 0 Å². The van der Waals surface area contributed by atoms with Crippen molar-refractivity contribution < 1.29 is 0 Å². The molecule has 0 saturated heterocycles. The minimum absolute atomic E-state index is 0.745. The van der Waals surface area contributed by atoms with Crippen molar-refractivity contribution in [3.8, 4) is 0 Å². The molecule has 0 radical (unpaired) electrons. The molecule has 2 heterocycles. The molecular weight excluding hydrogens is 348 g/mol. The van der Waals surface area contributed by atoms with Crippen LogP contribution in [0.4, 0.5) is 0 Å². The number of pyridine rings is 1. The van der Waals surface area contributed by atoms with E-state index in [0.29, 0.717) is 0 Å². The largest absolute Gasteiger partial charge is 0.349 e. The number of hydrogen-bond donors (Lipinski definition) is 2. The van der Waals surface area contributed by atoms with Crippen LogP contribution in [-0.2, 0) is 13.0 Å². The van der Waals surface area contributed by atoms with Gasteiger partial charge in [0, 0.05) is 47.0 Å². The summed E-state index contributed by atoms with van der Waals surface area (Å²) in [5.41, 5.74) is 1.01. The summed E-state index contributed by atoms with van der Waals surface area (Å²) < 4.78 is 1.99. The first-order chi connectivity index (χ1) is 8.25. The number of hydrogen-bond acceptors (Lipinski definition) is 3. The van der Waals surface area contributed by atoms with Gasteiger partial charge in [-0.1, -0.05) is 0 Å². The highest BCUT2D eigenvalue weighted by atomic mass is 79.9. The van der Waals surface area contributed by atoms with Gasteiger partial charge in [-0.05, 0) is 37.9 Å². The zero-order valence-electron chi connectivity index (χ0n) is 9.08. The quantitative estimate of drug-likeness (QED) is 0.807. The Morgan fingerprint density at radius 3 is 2.88 bits per heavy atom. The lowest BCUT2D eigenvalue weighted by Gasteiger charge is -2.05. The maximum atomic E-state index is 4.33. The highest BCUT2D eigenvalue weighted by Crippen LogP contribution is 2.19. The smallest absolute Gasteiger partial charge is 0.107 e. The molecule has 0 aromatic carbocycles. The lowest BCUT2D eigenvalue weighted by molar-refractivity contribution is 0.661. The first-order valence-electron chi connectivity index (χ1n) is 5.24. The standard InChI is InChI=1S/C11H12Br2N4/c12-8-5-9(13)10(17-6-8)7-14-2-1-11-15-3-4-16-11/h3-6,14H,1-2,7H2,(H,15,16). The second-order valence-corrected chi connectivity index (χ2v) is 5.31. The normalized spacial score (nSPS) is 10.7. The third-order valence-electron chi connectivity index (χ3n) is 2.27. The van der Waals surface area contributed by atoms with Crippen molar-refractivity contribution in [2.24, 2.45) is 0 Å². The van der Waals surface area contributed by atoms with E-state index in [0.717, 1.165) is 40.0 Å². The molecule has 2 N–H and O–H groups in total. The zero-order valence-corrected chi connectivity index (χ0v) is 12.3. The number of nitrogens with zero attached hydrogens (tertiary/aromatic N) is 2. The summed E-state index contributed by atoms with van der Waals surface area (Å²) in [6.45, 7) is 1.62. The molecule has 0 amide bonds. The fourth-order valence-electron chi connectivity index (χ4n) is 1.42. The van der Waals surface area contributed by atoms with Gasteiger partial charge in [-0.15, -0.1) is 0 Å². The second-order valence-electron chi connectivity index (χ2n) is 3.54. The van der Waals surface area contributed by atoms with E-state index in [2.05, 4.69) is 52.1 Å². The van der Waals surface area contributed by atoms with Crippen LogP contribution < -0.4 is 5.32 Å². The van der Waals surface area contributed by atoms with Gasteiger partial charge in [0.15, 0.2) is 0 Å². The summed E-state index contributed by atoms with van der Waals surface area (Å²) in [6, 6.07) is 2.00. The van der Waals surface area contributed by atoms with Crippen molar-refractivity contribution in [2.45, 2.75) is 13.0 Å². The van der Waals surface area contributed by atoms with E-state index >= 15 is 0 Å². The van der Waals surface area contributed by atoms with Gasteiger partial charge in [0.1, 0.15) is 5.82 Å². The zero-order chi connectivity index (χ0) is 12.1. The molecule has 2 rings (SSSR count). The van der Waals surface area contributed by atoms with E-state index < -0.39 is 0 Å². The fraction of sp³-hybridized carbons (Fsp3) is 0.273. The summed E-state index contributed by atoms with van der Waals surface area (Å²) in [7, 11) is 0. The van der Waals surface area contributed by atoms with Crippen LogP contribution in [-0.4, -0.2) is 21.5 Å². The summed E-state index contributed by atoms with van der Waals surface area (Å²) in [4.78, 5) is 11.6. The Balaban J connectivity index is 1.78. The Bertz CT molecular complexity index is 470. The highest BCUT2D eigenvalue weighted by molar-refractivity contribution is 9.11. The molecule has 2 aromatic rings. The Morgan fingerprint density at radius 1 is 1.29 bits per heavy atom. The third kappa shape index (κ3) is 3.90. The topological polar surface area (TPSA) is 53.6 Å². The second kappa shape index (κ2) is 6.28. The van der Waals surface area contributed by atoms with Crippen molar-refractivity contribution in [3.05, 3.63) is 45.1 Å². The van der Waals surface area contributed by atoms with Crippen molar-refractivity contribution in [2.75, 3.05) is 6.54 Å². The van der Waals surface area contributed by atoms with Gasteiger partial charge in [-0.25, -0.2) is 4.98 Å². The maximum absolute atomic E-state index is 4.33. The lowest BCUT2D eigenvalue weighted by Crippen LogP contribution is -2.18. The first-order valence-corrected chi connectivity index (χ1v) is 6.83.